The van der Waals surface area contributed by atoms with Crippen molar-refractivity contribution in [2.45, 2.75) is 0 Å². The summed E-state index contributed by atoms with van der Waals surface area (Å²) < 4.78 is 17.9. The van der Waals surface area contributed by atoms with E-state index in [2.05, 4.69) is 4.98 Å². The summed E-state index contributed by atoms with van der Waals surface area (Å²) in [5, 5.41) is 0.855. The highest BCUT2D eigenvalue weighted by molar-refractivity contribution is 5.80. The number of fused-ring (bicyclic) bond motifs is 1. The monoisotopic (exact) mass is 165 g/mol. The van der Waals surface area contributed by atoms with Crippen LogP contribution in [0.2, 0.25) is 0 Å². The molecule has 0 bridgehead atoms. The molecule has 2 aromatic rings. The summed E-state index contributed by atoms with van der Waals surface area (Å²) in [6.45, 7) is 0. The van der Waals surface area contributed by atoms with Crippen LogP contribution in [0.25, 0.3) is 10.9 Å². The van der Waals surface area contributed by atoms with E-state index in [1.807, 2.05) is 6.07 Å². The first kappa shape index (κ1) is 7.16. The molecule has 0 saturated carbocycles. The summed E-state index contributed by atoms with van der Waals surface area (Å²) in [5.41, 5.74) is 0.883. The van der Waals surface area contributed by atoms with Crippen LogP contribution < -0.4 is 4.74 Å². The third-order valence-corrected chi connectivity index (χ3v) is 1.83. The highest BCUT2D eigenvalue weighted by atomic mass is 19.1. The van der Waals surface area contributed by atoms with Gasteiger partial charge in [-0.25, -0.2) is 4.39 Å². The Balaban J connectivity index is 2.73. The van der Waals surface area contributed by atoms with Crippen molar-refractivity contribution in [1.29, 1.82) is 0 Å². The number of benzene rings is 1. The molecule has 0 radical (unpaired) electrons. The third kappa shape index (κ3) is 0.942. The number of halogens is 1. The summed E-state index contributed by atoms with van der Waals surface area (Å²) >= 11 is 0. The minimum absolute atomic E-state index is 0.268. The molecule has 3 heteroatoms. The Labute approximate surface area is 69.0 Å². The molecule has 62 valence electrons. The van der Waals surface area contributed by atoms with E-state index < -0.39 is 0 Å². The van der Waals surface area contributed by atoms with Crippen LogP contribution >= 0.6 is 0 Å². The van der Waals surface area contributed by atoms with Crippen LogP contribution in [0.5, 0.6) is 5.75 Å². The third-order valence-electron chi connectivity index (χ3n) is 1.83. The Morgan fingerprint density at radius 3 is 3.00 bits per heavy atom. The molecule has 1 heterocycles. The van der Waals surface area contributed by atoms with Crippen molar-refractivity contribution in [2.75, 3.05) is 7.11 Å². The zero-order valence-electron chi connectivity index (χ0n) is 6.60. The number of hydrogen-bond donors (Lipinski definition) is 1. The molecule has 0 saturated heterocycles. The second kappa shape index (κ2) is 2.52. The SMILES string of the molecule is COc1cc2[nH]ccc2cc1F. The molecule has 0 aliphatic carbocycles. The van der Waals surface area contributed by atoms with Gasteiger partial charge in [0.25, 0.3) is 0 Å². The lowest BCUT2D eigenvalue weighted by atomic mass is 10.2. The normalized spacial score (nSPS) is 10.5. The van der Waals surface area contributed by atoms with E-state index in [0.29, 0.717) is 0 Å². The van der Waals surface area contributed by atoms with Crippen LogP contribution in [0, 0.1) is 5.82 Å². The second-order valence-electron chi connectivity index (χ2n) is 2.55. The molecule has 0 amide bonds. The van der Waals surface area contributed by atoms with E-state index in [0.717, 1.165) is 10.9 Å². The molecular weight excluding hydrogens is 157 g/mol. The highest BCUT2D eigenvalue weighted by Crippen LogP contribution is 2.23. The van der Waals surface area contributed by atoms with Crippen LogP contribution in [-0.4, -0.2) is 12.1 Å². The van der Waals surface area contributed by atoms with Gasteiger partial charge in [-0.05, 0) is 12.1 Å². The first-order valence-corrected chi connectivity index (χ1v) is 3.62. The Kier molecular flexibility index (Phi) is 1.50. The smallest absolute Gasteiger partial charge is 0.165 e. The Morgan fingerprint density at radius 2 is 2.25 bits per heavy atom. The predicted octanol–water partition coefficient (Wildman–Crippen LogP) is 2.32. The number of aromatic nitrogens is 1. The van der Waals surface area contributed by atoms with Crippen LogP contribution in [0.4, 0.5) is 4.39 Å². The zero-order valence-corrected chi connectivity index (χ0v) is 6.60. The first-order chi connectivity index (χ1) is 5.81. The van der Waals surface area contributed by atoms with Gasteiger partial charge in [-0.1, -0.05) is 0 Å². The first-order valence-electron chi connectivity index (χ1n) is 3.62. The lowest BCUT2D eigenvalue weighted by molar-refractivity contribution is 0.387. The van der Waals surface area contributed by atoms with Gasteiger partial charge in [-0.3, -0.25) is 0 Å². The van der Waals surface area contributed by atoms with Gasteiger partial charge in [0, 0.05) is 23.2 Å². The Bertz CT molecular complexity index is 408. The minimum atomic E-state index is -0.329. The molecule has 1 N–H and O–H groups in total. The standard InChI is InChI=1S/C9H8FNO/c1-12-9-5-8-6(2-3-11-8)4-7(9)10/h2-5,11H,1H3. The Hall–Kier alpha value is -1.51. The molecule has 0 unspecified atom stereocenters. The van der Waals surface area contributed by atoms with Gasteiger partial charge >= 0.3 is 0 Å². The van der Waals surface area contributed by atoms with Crippen LogP contribution in [0.1, 0.15) is 0 Å². The van der Waals surface area contributed by atoms with Gasteiger partial charge in [-0.2, -0.15) is 0 Å². The lowest BCUT2D eigenvalue weighted by Gasteiger charge is -2.00. The van der Waals surface area contributed by atoms with Gasteiger partial charge < -0.3 is 9.72 Å². The number of ether oxygens (including phenoxy) is 1. The van der Waals surface area contributed by atoms with Gasteiger partial charge in [0.1, 0.15) is 0 Å². The molecule has 2 nitrogen and oxygen atoms in total. The molecular formula is C9H8FNO. The van der Waals surface area contributed by atoms with Crippen molar-refractivity contribution in [1.82, 2.24) is 4.98 Å². The van der Waals surface area contributed by atoms with E-state index in [1.54, 1.807) is 12.3 Å². The molecule has 0 spiro atoms. The summed E-state index contributed by atoms with van der Waals surface area (Å²) in [7, 11) is 1.45. The zero-order chi connectivity index (χ0) is 8.55. The van der Waals surface area contributed by atoms with Crippen molar-refractivity contribution in [3.8, 4) is 5.75 Å². The molecule has 1 aromatic carbocycles. The number of nitrogens with one attached hydrogen (secondary N) is 1. The Morgan fingerprint density at radius 1 is 1.42 bits per heavy atom. The maximum absolute atomic E-state index is 13.1. The lowest BCUT2D eigenvalue weighted by Crippen LogP contribution is -1.86. The average molecular weight is 165 g/mol. The summed E-state index contributed by atoms with van der Waals surface area (Å²) in [4.78, 5) is 2.97. The predicted molar refractivity (Wildman–Crippen MR) is 44.8 cm³/mol. The van der Waals surface area contributed by atoms with Crippen molar-refractivity contribution in [2.24, 2.45) is 0 Å². The molecule has 0 atom stereocenters. The number of methoxy groups -OCH3 is 1. The number of rotatable bonds is 1. The fourth-order valence-corrected chi connectivity index (χ4v) is 1.21. The van der Waals surface area contributed by atoms with Crippen LogP contribution in [-0.2, 0) is 0 Å². The van der Waals surface area contributed by atoms with Gasteiger partial charge in [0.05, 0.1) is 7.11 Å². The van der Waals surface area contributed by atoms with Crippen LogP contribution in [0.15, 0.2) is 24.4 Å². The maximum atomic E-state index is 13.1. The summed E-state index contributed by atoms with van der Waals surface area (Å²) in [5.74, 6) is -0.0606. The molecule has 0 aliphatic rings. The van der Waals surface area contributed by atoms with Crippen molar-refractivity contribution in [3.63, 3.8) is 0 Å². The largest absolute Gasteiger partial charge is 0.494 e. The highest BCUT2D eigenvalue weighted by Gasteiger charge is 2.04. The molecule has 0 aliphatic heterocycles. The van der Waals surface area contributed by atoms with Gasteiger partial charge in [0.2, 0.25) is 0 Å². The average Bonchev–Trinajstić information content (AvgIpc) is 2.49. The second-order valence-corrected chi connectivity index (χ2v) is 2.55. The summed E-state index contributed by atoms with van der Waals surface area (Å²) in [6, 6.07) is 4.91. The van der Waals surface area contributed by atoms with E-state index in [-0.39, 0.29) is 11.6 Å². The van der Waals surface area contributed by atoms with E-state index >= 15 is 0 Å². The van der Waals surface area contributed by atoms with E-state index in [9.17, 15) is 4.39 Å². The van der Waals surface area contributed by atoms with Crippen molar-refractivity contribution >= 4 is 10.9 Å². The quantitative estimate of drug-likeness (QED) is 0.689. The number of aromatic amines is 1. The van der Waals surface area contributed by atoms with Crippen molar-refractivity contribution < 1.29 is 9.13 Å². The topological polar surface area (TPSA) is 25.0 Å². The van der Waals surface area contributed by atoms with Crippen LogP contribution in [0.3, 0.4) is 0 Å². The number of H-pyrrole nitrogens is 1. The van der Waals surface area contributed by atoms with E-state index in [1.165, 1.54) is 13.2 Å². The van der Waals surface area contributed by atoms with Gasteiger partial charge in [0.15, 0.2) is 11.6 Å². The maximum Gasteiger partial charge on any atom is 0.165 e. The van der Waals surface area contributed by atoms with E-state index in [4.69, 9.17) is 4.74 Å². The molecule has 0 fully saturated rings. The molecule has 1 aromatic heterocycles. The summed E-state index contributed by atoms with van der Waals surface area (Å²) in [6.07, 6.45) is 1.77. The molecule has 12 heavy (non-hydrogen) atoms. The molecule has 2 rings (SSSR count). The van der Waals surface area contributed by atoms with Crippen molar-refractivity contribution in [3.05, 3.63) is 30.2 Å². The number of hydrogen-bond acceptors (Lipinski definition) is 1. The fraction of sp³-hybridized carbons (Fsp3) is 0.111. The fourth-order valence-electron chi connectivity index (χ4n) is 1.21. The van der Waals surface area contributed by atoms with Gasteiger partial charge in [-0.15, -0.1) is 0 Å². The minimum Gasteiger partial charge on any atom is -0.494 e.